The zero-order chi connectivity index (χ0) is 12.3. The lowest BCUT2D eigenvalue weighted by Gasteiger charge is -2.29. The van der Waals surface area contributed by atoms with E-state index in [9.17, 15) is 4.79 Å². The highest BCUT2D eigenvalue weighted by atomic mass is 16.2. The third kappa shape index (κ3) is 3.48. The number of carbonyl (C=O) groups excluding carboxylic acids is 1. The van der Waals surface area contributed by atoms with E-state index in [1.165, 1.54) is 12.8 Å². The molecule has 0 aromatic rings. The van der Waals surface area contributed by atoms with E-state index in [-0.39, 0.29) is 11.3 Å². The highest BCUT2D eigenvalue weighted by Gasteiger charge is 2.35. The average Bonchev–Trinajstić information content (AvgIpc) is 3.00. The van der Waals surface area contributed by atoms with E-state index in [4.69, 9.17) is 0 Å². The molecule has 1 atom stereocenters. The van der Waals surface area contributed by atoms with E-state index >= 15 is 0 Å². The van der Waals surface area contributed by atoms with Crippen molar-refractivity contribution < 1.29 is 4.79 Å². The Morgan fingerprint density at radius 3 is 2.31 bits per heavy atom. The second kappa shape index (κ2) is 5.17. The van der Waals surface area contributed by atoms with E-state index in [0.717, 1.165) is 12.5 Å². The van der Waals surface area contributed by atoms with Crippen molar-refractivity contribution >= 4 is 5.91 Å². The topological polar surface area (TPSA) is 41.1 Å². The summed E-state index contributed by atoms with van der Waals surface area (Å²) in [7, 11) is 1.70. The van der Waals surface area contributed by atoms with Crippen LogP contribution in [0.3, 0.4) is 0 Å². The summed E-state index contributed by atoms with van der Waals surface area (Å²) >= 11 is 0. The summed E-state index contributed by atoms with van der Waals surface area (Å²) in [6.45, 7) is 9.24. The smallest absolute Gasteiger partial charge is 0.226 e. The normalized spacial score (nSPS) is 18.6. The van der Waals surface area contributed by atoms with Gasteiger partial charge in [-0.3, -0.25) is 4.79 Å². The Morgan fingerprint density at radius 2 is 1.94 bits per heavy atom. The van der Waals surface area contributed by atoms with Gasteiger partial charge in [0, 0.05) is 19.6 Å². The minimum Gasteiger partial charge on any atom is -0.359 e. The first-order valence-corrected chi connectivity index (χ1v) is 6.34. The van der Waals surface area contributed by atoms with Gasteiger partial charge >= 0.3 is 0 Å². The minimum atomic E-state index is -0.323. The third-order valence-electron chi connectivity index (χ3n) is 3.47. The lowest BCUT2D eigenvalue weighted by molar-refractivity contribution is -0.128. The lowest BCUT2D eigenvalue weighted by Crippen LogP contribution is -2.47. The number of rotatable bonds is 6. The molecule has 0 spiro atoms. The molecule has 0 radical (unpaired) electrons. The fourth-order valence-electron chi connectivity index (χ4n) is 2.19. The molecule has 0 saturated heterocycles. The molecule has 1 aliphatic carbocycles. The molecule has 2 N–H and O–H groups in total. The fourth-order valence-corrected chi connectivity index (χ4v) is 2.19. The monoisotopic (exact) mass is 226 g/mol. The highest BCUT2D eigenvalue weighted by Crippen LogP contribution is 2.36. The molecular formula is C13H26N2O. The highest BCUT2D eigenvalue weighted by molar-refractivity contribution is 5.81. The molecule has 0 aromatic carbocycles. The largest absolute Gasteiger partial charge is 0.359 e. The van der Waals surface area contributed by atoms with E-state index in [0.29, 0.717) is 12.0 Å². The first-order valence-electron chi connectivity index (χ1n) is 6.34. The molecule has 1 saturated carbocycles. The summed E-state index contributed by atoms with van der Waals surface area (Å²) in [5.41, 5.74) is -0.323. The van der Waals surface area contributed by atoms with Gasteiger partial charge in [0.1, 0.15) is 0 Å². The standard InChI is InChI=1S/C13H26N2O/c1-9(2)11(10-6-7-10)15-8-13(3,4)12(16)14-5/h9-11,15H,6-8H2,1-5H3,(H,14,16). The molecule has 16 heavy (non-hydrogen) atoms. The number of nitrogens with one attached hydrogen (secondary N) is 2. The first-order chi connectivity index (χ1) is 7.38. The minimum absolute atomic E-state index is 0.110. The van der Waals surface area contributed by atoms with E-state index in [1.54, 1.807) is 7.05 Å². The maximum atomic E-state index is 11.7. The molecule has 1 fully saturated rings. The molecule has 3 nitrogen and oxygen atoms in total. The van der Waals surface area contributed by atoms with Gasteiger partial charge < -0.3 is 10.6 Å². The van der Waals surface area contributed by atoms with Crippen LogP contribution in [-0.2, 0) is 4.79 Å². The molecule has 0 bridgehead atoms. The summed E-state index contributed by atoms with van der Waals surface area (Å²) in [6.07, 6.45) is 2.69. The van der Waals surface area contributed by atoms with Crippen molar-refractivity contribution in [2.45, 2.75) is 46.6 Å². The molecule has 1 unspecified atom stereocenters. The molecule has 94 valence electrons. The van der Waals surface area contributed by atoms with Crippen molar-refractivity contribution in [2.75, 3.05) is 13.6 Å². The van der Waals surface area contributed by atoms with Crippen molar-refractivity contribution in [3.05, 3.63) is 0 Å². The Hall–Kier alpha value is -0.570. The van der Waals surface area contributed by atoms with Crippen molar-refractivity contribution in [3.8, 4) is 0 Å². The predicted octanol–water partition coefficient (Wildman–Crippen LogP) is 1.78. The van der Waals surface area contributed by atoms with Crippen molar-refractivity contribution in [1.82, 2.24) is 10.6 Å². The van der Waals surface area contributed by atoms with Crippen molar-refractivity contribution in [2.24, 2.45) is 17.3 Å². The molecule has 0 aliphatic heterocycles. The second-order valence-electron chi connectivity index (χ2n) is 5.95. The summed E-state index contributed by atoms with van der Waals surface area (Å²) in [5.74, 6) is 1.59. The number of carbonyl (C=O) groups is 1. The van der Waals surface area contributed by atoms with Crippen LogP contribution in [0.1, 0.15) is 40.5 Å². The van der Waals surface area contributed by atoms with E-state index in [2.05, 4.69) is 24.5 Å². The number of amides is 1. The Morgan fingerprint density at radius 1 is 1.38 bits per heavy atom. The summed E-state index contributed by atoms with van der Waals surface area (Å²) in [5, 5.41) is 6.30. The maximum absolute atomic E-state index is 11.7. The molecular weight excluding hydrogens is 200 g/mol. The Kier molecular flexibility index (Phi) is 4.36. The van der Waals surface area contributed by atoms with E-state index < -0.39 is 0 Å². The van der Waals surface area contributed by atoms with Gasteiger partial charge in [-0.05, 0) is 38.5 Å². The maximum Gasteiger partial charge on any atom is 0.226 e. The molecule has 0 aromatic heterocycles. The van der Waals surface area contributed by atoms with Crippen LogP contribution in [0.4, 0.5) is 0 Å². The molecule has 0 heterocycles. The van der Waals surface area contributed by atoms with Gasteiger partial charge in [0.15, 0.2) is 0 Å². The SMILES string of the molecule is CNC(=O)C(C)(C)CNC(C(C)C)C1CC1. The lowest BCUT2D eigenvalue weighted by atomic mass is 9.90. The van der Waals surface area contributed by atoms with Gasteiger partial charge in [0.25, 0.3) is 0 Å². The van der Waals surface area contributed by atoms with Crippen molar-refractivity contribution in [3.63, 3.8) is 0 Å². The van der Waals surface area contributed by atoms with E-state index in [1.807, 2.05) is 13.8 Å². The van der Waals surface area contributed by atoms with Crippen molar-refractivity contribution in [1.29, 1.82) is 0 Å². The fraction of sp³-hybridized carbons (Fsp3) is 0.923. The van der Waals surface area contributed by atoms with Gasteiger partial charge in [-0.2, -0.15) is 0 Å². The molecule has 1 rings (SSSR count). The molecule has 1 aliphatic rings. The van der Waals surface area contributed by atoms with Gasteiger partial charge in [-0.1, -0.05) is 13.8 Å². The van der Waals surface area contributed by atoms with Crippen LogP contribution in [0.2, 0.25) is 0 Å². The van der Waals surface area contributed by atoms with Gasteiger partial charge in [-0.15, -0.1) is 0 Å². The second-order valence-corrected chi connectivity index (χ2v) is 5.95. The van der Waals surface area contributed by atoms with Crippen LogP contribution in [-0.4, -0.2) is 25.5 Å². The molecule has 1 amide bonds. The van der Waals surface area contributed by atoms with Crippen LogP contribution in [0.25, 0.3) is 0 Å². The predicted molar refractivity (Wildman–Crippen MR) is 67.2 cm³/mol. The Labute approximate surface area is 99.4 Å². The summed E-state index contributed by atoms with van der Waals surface area (Å²) in [6, 6.07) is 0.573. The Bertz CT molecular complexity index is 242. The first kappa shape index (κ1) is 13.5. The van der Waals surface area contributed by atoms with Gasteiger partial charge in [0.2, 0.25) is 5.91 Å². The zero-order valence-corrected chi connectivity index (χ0v) is 11.3. The van der Waals surface area contributed by atoms with Crippen LogP contribution < -0.4 is 10.6 Å². The average molecular weight is 226 g/mol. The zero-order valence-electron chi connectivity index (χ0n) is 11.3. The third-order valence-corrected chi connectivity index (χ3v) is 3.47. The van der Waals surface area contributed by atoms with Gasteiger partial charge in [0.05, 0.1) is 5.41 Å². The number of hydrogen-bond acceptors (Lipinski definition) is 2. The van der Waals surface area contributed by atoms with Crippen LogP contribution in [0.5, 0.6) is 0 Å². The quantitative estimate of drug-likeness (QED) is 0.725. The van der Waals surface area contributed by atoms with Gasteiger partial charge in [-0.25, -0.2) is 0 Å². The molecule has 3 heteroatoms. The Balaban J connectivity index is 2.44. The van der Waals surface area contributed by atoms with Crippen LogP contribution in [0.15, 0.2) is 0 Å². The van der Waals surface area contributed by atoms with Crippen LogP contribution in [0, 0.1) is 17.3 Å². The summed E-state index contributed by atoms with van der Waals surface area (Å²) < 4.78 is 0. The summed E-state index contributed by atoms with van der Waals surface area (Å²) in [4.78, 5) is 11.7. The number of hydrogen-bond donors (Lipinski definition) is 2. The van der Waals surface area contributed by atoms with Crippen LogP contribution >= 0.6 is 0 Å².